The fourth-order valence-electron chi connectivity index (χ4n) is 12.2. The van der Waals surface area contributed by atoms with Gasteiger partial charge in [-0.05, 0) is 141 Å². The minimum Gasteiger partial charge on any atom is -0.390 e. The molecule has 0 radical (unpaired) electrons. The summed E-state index contributed by atoms with van der Waals surface area (Å²) in [6.07, 6.45) is 14.0. The lowest BCUT2D eigenvalue weighted by molar-refractivity contribution is -0.247. The summed E-state index contributed by atoms with van der Waals surface area (Å²) in [5.74, 6) is 4.73. The van der Waals surface area contributed by atoms with E-state index in [1.165, 1.54) is 64.2 Å². The summed E-state index contributed by atoms with van der Waals surface area (Å²) in [6, 6.07) is 0. The predicted molar refractivity (Wildman–Crippen MR) is 135 cm³/mol. The molecular formula is C31H54O. The van der Waals surface area contributed by atoms with Gasteiger partial charge in [0.25, 0.3) is 0 Å². The van der Waals surface area contributed by atoms with Crippen molar-refractivity contribution in [1.82, 2.24) is 0 Å². The maximum atomic E-state index is 11.0. The van der Waals surface area contributed by atoms with Crippen LogP contribution in [0.25, 0.3) is 0 Å². The fraction of sp³-hybridized carbons (Fsp3) is 1.00. The van der Waals surface area contributed by atoms with Crippen molar-refractivity contribution < 1.29 is 5.11 Å². The fourth-order valence-corrected chi connectivity index (χ4v) is 12.2. The zero-order valence-corrected chi connectivity index (χ0v) is 23.0. The second-order valence-corrected chi connectivity index (χ2v) is 15.8. The lowest BCUT2D eigenvalue weighted by atomic mass is 9.31. The van der Waals surface area contributed by atoms with Crippen molar-refractivity contribution in [3.63, 3.8) is 0 Å². The third-order valence-corrected chi connectivity index (χ3v) is 14.4. The Morgan fingerprint density at radius 3 is 1.75 bits per heavy atom. The van der Waals surface area contributed by atoms with Crippen molar-refractivity contribution >= 4 is 0 Å². The van der Waals surface area contributed by atoms with E-state index in [2.05, 4.69) is 62.3 Å². The summed E-state index contributed by atoms with van der Waals surface area (Å²) >= 11 is 0. The van der Waals surface area contributed by atoms with Gasteiger partial charge in [-0.2, -0.15) is 0 Å². The highest BCUT2D eigenvalue weighted by molar-refractivity contribution is 5.19. The van der Waals surface area contributed by atoms with E-state index in [4.69, 9.17) is 0 Å². The molecule has 0 heterocycles. The number of hydrogen-bond acceptors (Lipinski definition) is 1. The van der Waals surface area contributed by atoms with Crippen molar-refractivity contribution in [2.24, 2.45) is 62.6 Å². The topological polar surface area (TPSA) is 20.2 Å². The van der Waals surface area contributed by atoms with Gasteiger partial charge in [0.2, 0.25) is 0 Å². The molecule has 0 aliphatic heterocycles. The lowest BCUT2D eigenvalue weighted by Crippen LogP contribution is -2.66. The van der Waals surface area contributed by atoms with Crippen LogP contribution in [0.4, 0.5) is 0 Å². The lowest BCUT2D eigenvalue weighted by Gasteiger charge is -2.73. The quantitative estimate of drug-likeness (QED) is 0.431. The van der Waals surface area contributed by atoms with Gasteiger partial charge in [0.1, 0.15) is 0 Å². The van der Waals surface area contributed by atoms with Gasteiger partial charge in [0.15, 0.2) is 0 Å². The van der Waals surface area contributed by atoms with Gasteiger partial charge in [0, 0.05) is 0 Å². The number of aliphatic hydroxyl groups is 1. The molecule has 0 spiro atoms. The SMILES string of the molecule is CC1CC[C@]2(C)[C@H]3CC[C@@H]4[C@@]5(C)CC[C@H](C(C)(C)O)[C@@H]5CC[C@@]4(C)[C@]3(C)CC[C@H]2C1(C)C. The number of rotatable bonds is 1. The van der Waals surface area contributed by atoms with Crippen molar-refractivity contribution in [2.45, 2.75) is 132 Å². The van der Waals surface area contributed by atoms with Crippen LogP contribution in [-0.4, -0.2) is 10.7 Å². The van der Waals surface area contributed by atoms with Crippen LogP contribution in [0.5, 0.6) is 0 Å². The highest BCUT2D eigenvalue weighted by Gasteiger charge is 2.71. The molecule has 1 unspecified atom stereocenters. The van der Waals surface area contributed by atoms with Crippen LogP contribution in [0.15, 0.2) is 0 Å². The molecule has 0 aromatic rings. The summed E-state index contributed by atoms with van der Waals surface area (Å²) in [5, 5.41) is 11.0. The standard InChI is InChI=1S/C31H54O/c1-20-12-16-29(7)23(26(20,2)3)15-19-31(9)25(29)11-10-24-28(6)17-13-21(27(4,5)32)22(28)14-18-30(24,31)8/h20-25,32H,10-19H2,1-9H3/t20?,21-,22-,23-,24+,25+,28-,29-,30+,31+/m0/s1. The first-order valence-electron chi connectivity index (χ1n) is 14.3. The second kappa shape index (κ2) is 6.79. The van der Waals surface area contributed by atoms with Crippen molar-refractivity contribution in [3.05, 3.63) is 0 Å². The molecule has 1 heteroatoms. The normalized spacial score (nSPS) is 57.2. The largest absolute Gasteiger partial charge is 0.390 e. The smallest absolute Gasteiger partial charge is 0.0622 e. The van der Waals surface area contributed by atoms with E-state index in [-0.39, 0.29) is 0 Å². The summed E-state index contributed by atoms with van der Waals surface area (Å²) in [6.45, 7) is 22.8. The molecule has 32 heavy (non-hydrogen) atoms. The molecule has 5 rings (SSSR count). The van der Waals surface area contributed by atoms with Crippen LogP contribution in [0.1, 0.15) is 127 Å². The Labute approximate surface area is 199 Å². The van der Waals surface area contributed by atoms with Gasteiger partial charge in [-0.25, -0.2) is 0 Å². The third kappa shape index (κ3) is 2.73. The molecule has 0 amide bonds. The maximum absolute atomic E-state index is 11.0. The summed E-state index contributed by atoms with van der Waals surface area (Å²) in [5.41, 5.74) is 1.88. The van der Waals surface area contributed by atoms with Crippen molar-refractivity contribution in [3.8, 4) is 0 Å². The zero-order valence-electron chi connectivity index (χ0n) is 23.0. The van der Waals surface area contributed by atoms with E-state index in [1.807, 2.05) is 0 Å². The molecule has 0 saturated heterocycles. The summed E-state index contributed by atoms with van der Waals surface area (Å²) < 4.78 is 0. The van der Waals surface area contributed by atoms with Crippen molar-refractivity contribution in [1.29, 1.82) is 0 Å². The summed E-state index contributed by atoms with van der Waals surface area (Å²) in [4.78, 5) is 0. The van der Waals surface area contributed by atoms with Gasteiger partial charge in [-0.1, -0.05) is 48.5 Å². The maximum Gasteiger partial charge on any atom is 0.0622 e. The Bertz CT molecular complexity index is 761. The Balaban J connectivity index is 1.51. The Morgan fingerprint density at radius 1 is 0.625 bits per heavy atom. The highest BCUT2D eigenvalue weighted by Crippen LogP contribution is 2.78. The average Bonchev–Trinajstić information content (AvgIpc) is 3.03. The van der Waals surface area contributed by atoms with E-state index < -0.39 is 5.60 Å². The number of hydrogen-bond donors (Lipinski definition) is 1. The van der Waals surface area contributed by atoms with Gasteiger partial charge in [-0.15, -0.1) is 0 Å². The molecule has 0 aromatic carbocycles. The minimum absolute atomic E-state index is 0.434. The predicted octanol–water partition coefficient (Wildman–Crippen LogP) is 8.49. The molecule has 0 aromatic heterocycles. The van der Waals surface area contributed by atoms with Gasteiger partial charge >= 0.3 is 0 Å². The van der Waals surface area contributed by atoms with Crippen LogP contribution in [0.2, 0.25) is 0 Å². The highest BCUT2D eigenvalue weighted by atomic mass is 16.3. The van der Waals surface area contributed by atoms with Crippen LogP contribution in [-0.2, 0) is 0 Å². The van der Waals surface area contributed by atoms with Crippen molar-refractivity contribution in [2.75, 3.05) is 0 Å². The summed E-state index contributed by atoms with van der Waals surface area (Å²) in [7, 11) is 0. The van der Waals surface area contributed by atoms with E-state index in [1.54, 1.807) is 0 Å². The number of fused-ring (bicyclic) bond motifs is 7. The molecule has 5 aliphatic carbocycles. The van der Waals surface area contributed by atoms with Gasteiger partial charge in [-0.3, -0.25) is 0 Å². The Kier molecular flexibility index (Phi) is 5.03. The molecule has 5 aliphatic rings. The molecule has 1 N–H and O–H groups in total. The minimum atomic E-state index is -0.521. The molecule has 184 valence electrons. The first kappa shape index (κ1) is 23.7. The molecule has 10 atom stereocenters. The molecule has 0 bridgehead atoms. The van der Waals surface area contributed by atoms with Gasteiger partial charge in [0.05, 0.1) is 5.60 Å². The van der Waals surface area contributed by atoms with Crippen LogP contribution in [0, 0.1) is 62.6 Å². The monoisotopic (exact) mass is 442 g/mol. The van der Waals surface area contributed by atoms with E-state index >= 15 is 0 Å². The first-order valence-corrected chi connectivity index (χ1v) is 14.3. The zero-order chi connectivity index (χ0) is 23.5. The van der Waals surface area contributed by atoms with Gasteiger partial charge < -0.3 is 5.11 Å². The second-order valence-electron chi connectivity index (χ2n) is 15.8. The van der Waals surface area contributed by atoms with E-state index in [0.29, 0.717) is 33.0 Å². The molecule has 5 saturated carbocycles. The van der Waals surface area contributed by atoms with E-state index in [9.17, 15) is 5.11 Å². The van der Waals surface area contributed by atoms with Crippen LogP contribution in [0.3, 0.4) is 0 Å². The van der Waals surface area contributed by atoms with Crippen LogP contribution < -0.4 is 0 Å². The van der Waals surface area contributed by atoms with E-state index in [0.717, 1.165) is 29.6 Å². The molecule has 5 fully saturated rings. The molecule has 1 nitrogen and oxygen atoms in total. The average molecular weight is 443 g/mol. The Hall–Kier alpha value is -0.0400. The third-order valence-electron chi connectivity index (χ3n) is 14.4. The molecular weight excluding hydrogens is 388 g/mol. The van der Waals surface area contributed by atoms with Crippen LogP contribution >= 0.6 is 0 Å². The Morgan fingerprint density at radius 2 is 1.16 bits per heavy atom. The first-order chi connectivity index (χ1) is 14.6.